The van der Waals surface area contributed by atoms with Crippen molar-refractivity contribution in [2.24, 2.45) is 11.8 Å². The molecule has 0 aromatic heterocycles. The van der Waals surface area contributed by atoms with Crippen LogP contribution >= 0.6 is 0 Å². The molecule has 1 aliphatic carbocycles. The maximum Gasteiger partial charge on any atom is 0.313 e. The Morgan fingerprint density at radius 3 is 2.64 bits per heavy atom. The van der Waals surface area contributed by atoms with Crippen molar-refractivity contribution in [3.8, 4) is 0 Å². The van der Waals surface area contributed by atoms with Crippen molar-refractivity contribution >= 4 is 5.97 Å². The molecule has 0 heterocycles. The van der Waals surface area contributed by atoms with Gasteiger partial charge in [0.2, 0.25) is 0 Å². The molecule has 2 atom stereocenters. The van der Waals surface area contributed by atoms with Gasteiger partial charge in [-0.15, -0.1) is 0 Å². The molecule has 0 radical (unpaired) electrons. The lowest BCUT2D eigenvalue weighted by Crippen LogP contribution is -2.21. The van der Waals surface area contributed by atoms with Gasteiger partial charge in [-0.05, 0) is 39.5 Å². The van der Waals surface area contributed by atoms with Gasteiger partial charge in [-0.1, -0.05) is 18.1 Å². The van der Waals surface area contributed by atoms with Gasteiger partial charge in [0, 0.05) is 0 Å². The third kappa shape index (κ3) is 2.17. The SMILES string of the molecule is CCOC(=O)[C@H]1C(=C(C)C)CC[C@@H]1C. The number of carbonyl (C=O) groups excluding carboxylic acids is 1. The maximum atomic E-state index is 11.7. The number of carbonyl (C=O) groups is 1. The minimum Gasteiger partial charge on any atom is -0.466 e. The van der Waals surface area contributed by atoms with E-state index in [2.05, 4.69) is 20.8 Å². The minimum absolute atomic E-state index is 0.0277. The van der Waals surface area contributed by atoms with Crippen LogP contribution in [0.25, 0.3) is 0 Å². The molecular weight excluding hydrogens is 176 g/mol. The Hall–Kier alpha value is -0.790. The lowest BCUT2D eigenvalue weighted by atomic mass is 9.93. The van der Waals surface area contributed by atoms with Crippen molar-refractivity contribution in [3.05, 3.63) is 11.1 Å². The van der Waals surface area contributed by atoms with E-state index in [0.717, 1.165) is 12.8 Å². The smallest absolute Gasteiger partial charge is 0.313 e. The third-order valence-electron chi connectivity index (χ3n) is 3.00. The number of esters is 1. The summed E-state index contributed by atoms with van der Waals surface area (Å²) < 4.78 is 5.10. The Morgan fingerprint density at radius 2 is 2.14 bits per heavy atom. The van der Waals surface area contributed by atoms with Gasteiger partial charge >= 0.3 is 5.97 Å². The highest BCUT2D eigenvalue weighted by Gasteiger charge is 2.35. The van der Waals surface area contributed by atoms with Crippen LogP contribution in [0.15, 0.2) is 11.1 Å². The van der Waals surface area contributed by atoms with E-state index in [0.29, 0.717) is 12.5 Å². The van der Waals surface area contributed by atoms with Crippen LogP contribution < -0.4 is 0 Å². The Bertz CT molecular complexity index is 249. The zero-order valence-corrected chi connectivity index (χ0v) is 9.59. The number of allylic oxidation sites excluding steroid dienone is 1. The second kappa shape index (κ2) is 4.63. The molecule has 0 aromatic rings. The predicted molar refractivity (Wildman–Crippen MR) is 56.9 cm³/mol. The van der Waals surface area contributed by atoms with Crippen LogP contribution in [0.5, 0.6) is 0 Å². The summed E-state index contributed by atoms with van der Waals surface area (Å²) in [6, 6.07) is 0. The fraction of sp³-hybridized carbons (Fsp3) is 0.750. The van der Waals surface area contributed by atoms with Crippen LogP contribution in [0.2, 0.25) is 0 Å². The molecule has 2 heteroatoms. The molecule has 0 saturated heterocycles. The molecule has 14 heavy (non-hydrogen) atoms. The molecule has 0 bridgehead atoms. The lowest BCUT2D eigenvalue weighted by molar-refractivity contribution is -0.147. The summed E-state index contributed by atoms with van der Waals surface area (Å²) in [6.07, 6.45) is 2.18. The van der Waals surface area contributed by atoms with E-state index in [4.69, 9.17) is 4.74 Å². The monoisotopic (exact) mass is 196 g/mol. The molecule has 0 aromatic carbocycles. The normalized spacial score (nSPS) is 26.4. The zero-order chi connectivity index (χ0) is 10.7. The average Bonchev–Trinajstić information content (AvgIpc) is 2.47. The van der Waals surface area contributed by atoms with Gasteiger partial charge in [-0.3, -0.25) is 4.79 Å². The first-order valence-corrected chi connectivity index (χ1v) is 5.40. The highest BCUT2D eigenvalue weighted by atomic mass is 16.5. The van der Waals surface area contributed by atoms with Crippen LogP contribution in [-0.2, 0) is 9.53 Å². The highest BCUT2D eigenvalue weighted by molar-refractivity contribution is 5.77. The Labute approximate surface area is 86.3 Å². The predicted octanol–water partition coefficient (Wildman–Crippen LogP) is 2.93. The van der Waals surface area contributed by atoms with Crippen molar-refractivity contribution in [1.29, 1.82) is 0 Å². The summed E-state index contributed by atoms with van der Waals surface area (Å²) in [7, 11) is 0. The van der Waals surface area contributed by atoms with Crippen LogP contribution in [0.1, 0.15) is 40.5 Å². The largest absolute Gasteiger partial charge is 0.466 e. The van der Waals surface area contributed by atoms with E-state index >= 15 is 0 Å². The molecule has 0 N–H and O–H groups in total. The van der Waals surface area contributed by atoms with E-state index in [1.165, 1.54) is 11.1 Å². The second-order valence-electron chi connectivity index (χ2n) is 4.27. The summed E-state index contributed by atoms with van der Waals surface area (Å²) in [5.41, 5.74) is 2.59. The summed E-state index contributed by atoms with van der Waals surface area (Å²) in [6.45, 7) is 8.65. The Morgan fingerprint density at radius 1 is 1.50 bits per heavy atom. The first-order chi connectivity index (χ1) is 6.57. The van der Waals surface area contributed by atoms with Gasteiger partial charge in [-0.25, -0.2) is 0 Å². The Balaban J connectivity index is 2.82. The lowest BCUT2D eigenvalue weighted by Gasteiger charge is -2.16. The second-order valence-corrected chi connectivity index (χ2v) is 4.27. The van der Waals surface area contributed by atoms with Crippen LogP contribution in [0.4, 0.5) is 0 Å². The molecule has 1 rings (SSSR count). The van der Waals surface area contributed by atoms with Crippen LogP contribution in [0, 0.1) is 11.8 Å². The maximum absolute atomic E-state index is 11.7. The molecule has 1 saturated carbocycles. The summed E-state index contributed by atoms with van der Waals surface area (Å²) >= 11 is 0. The van der Waals surface area contributed by atoms with Crippen molar-refractivity contribution in [3.63, 3.8) is 0 Å². The number of rotatable bonds is 2. The topological polar surface area (TPSA) is 26.3 Å². The quantitative estimate of drug-likeness (QED) is 0.501. The van der Waals surface area contributed by atoms with Crippen molar-refractivity contribution in [2.45, 2.75) is 40.5 Å². The van der Waals surface area contributed by atoms with Gasteiger partial charge < -0.3 is 4.74 Å². The van der Waals surface area contributed by atoms with E-state index in [1.807, 2.05) is 6.92 Å². The molecule has 80 valence electrons. The summed E-state index contributed by atoms with van der Waals surface area (Å²) in [5.74, 6) is 0.438. The third-order valence-corrected chi connectivity index (χ3v) is 3.00. The number of ether oxygens (including phenoxy) is 1. The van der Waals surface area contributed by atoms with Crippen LogP contribution in [-0.4, -0.2) is 12.6 Å². The molecule has 0 amide bonds. The molecule has 1 aliphatic rings. The summed E-state index contributed by atoms with van der Waals surface area (Å²) in [4.78, 5) is 11.7. The number of hydrogen-bond donors (Lipinski definition) is 0. The molecule has 0 unspecified atom stereocenters. The van der Waals surface area contributed by atoms with E-state index in [-0.39, 0.29) is 11.9 Å². The molecular formula is C12H20O2. The van der Waals surface area contributed by atoms with E-state index in [9.17, 15) is 4.79 Å². The molecule has 0 spiro atoms. The summed E-state index contributed by atoms with van der Waals surface area (Å²) in [5, 5.41) is 0. The van der Waals surface area contributed by atoms with Gasteiger partial charge in [0.1, 0.15) is 0 Å². The van der Waals surface area contributed by atoms with Crippen molar-refractivity contribution in [1.82, 2.24) is 0 Å². The molecule has 0 aliphatic heterocycles. The first-order valence-electron chi connectivity index (χ1n) is 5.40. The zero-order valence-electron chi connectivity index (χ0n) is 9.59. The minimum atomic E-state index is -0.0336. The Kier molecular flexibility index (Phi) is 3.73. The van der Waals surface area contributed by atoms with Crippen LogP contribution in [0.3, 0.4) is 0 Å². The van der Waals surface area contributed by atoms with Gasteiger partial charge in [-0.2, -0.15) is 0 Å². The average molecular weight is 196 g/mol. The van der Waals surface area contributed by atoms with E-state index in [1.54, 1.807) is 0 Å². The van der Waals surface area contributed by atoms with Crippen molar-refractivity contribution < 1.29 is 9.53 Å². The van der Waals surface area contributed by atoms with Gasteiger partial charge in [0.05, 0.1) is 12.5 Å². The van der Waals surface area contributed by atoms with Gasteiger partial charge in [0.25, 0.3) is 0 Å². The van der Waals surface area contributed by atoms with E-state index < -0.39 is 0 Å². The standard InChI is InChI=1S/C12H20O2/c1-5-14-12(13)11-9(4)6-7-10(11)8(2)3/h9,11H,5-7H2,1-4H3/t9-,11+/m0/s1. The fourth-order valence-corrected chi connectivity index (χ4v) is 2.22. The van der Waals surface area contributed by atoms with Gasteiger partial charge in [0.15, 0.2) is 0 Å². The first kappa shape index (κ1) is 11.3. The highest BCUT2D eigenvalue weighted by Crippen LogP contribution is 2.38. The van der Waals surface area contributed by atoms with Crippen molar-refractivity contribution in [2.75, 3.05) is 6.61 Å². The molecule has 2 nitrogen and oxygen atoms in total. The molecule has 1 fully saturated rings. The number of hydrogen-bond acceptors (Lipinski definition) is 2. The fourth-order valence-electron chi connectivity index (χ4n) is 2.22.